The quantitative estimate of drug-likeness (QED) is 0.344. The molecular formula is C17H41OPSi4. The van der Waals surface area contributed by atoms with Gasteiger partial charge in [0.2, 0.25) is 0 Å². The summed E-state index contributed by atoms with van der Waals surface area (Å²) >= 11 is 0. The van der Waals surface area contributed by atoms with Crippen molar-refractivity contribution in [3.63, 3.8) is 0 Å². The second-order valence-corrected chi connectivity index (χ2v) is 59.5. The lowest BCUT2D eigenvalue weighted by Crippen LogP contribution is -2.80. The van der Waals surface area contributed by atoms with Crippen molar-refractivity contribution >= 4 is 36.5 Å². The molecule has 0 fully saturated rings. The highest BCUT2D eigenvalue weighted by atomic mass is 31.5. The lowest BCUT2D eigenvalue weighted by Gasteiger charge is -2.58. The first kappa shape index (κ1) is 21.9. The Kier molecular flexibility index (Phi) is 5.92. The van der Waals surface area contributed by atoms with Gasteiger partial charge in [-0.25, -0.2) is 0 Å². The Hall–Kier alpha value is 0.838. The molecule has 1 unspecified atom stereocenters. The molecule has 1 atom stereocenters. The molecule has 0 spiro atoms. The molecule has 0 saturated heterocycles. The predicted molar refractivity (Wildman–Crippen MR) is 121 cm³/mol. The lowest BCUT2D eigenvalue weighted by molar-refractivity contribution is 0.258. The van der Waals surface area contributed by atoms with Gasteiger partial charge in [0.25, 0.3) is 0 Å². The van der Waals surface area contributed by atoms with Crippen LogP contribution >= 0.6 is 7.47 Å². The standard InChI is InChI=1S/C17H41OPSi4/c1-14-18-16-15(17(2,3)4)19(16)23(20(5,6)7,21(8,9)10)22(11,12)13/h14H2,1-13H3. The van der Waals surface area contributed by atoms with Crippen LogP contribution in [-0.4, -0.2) is 35.7 Å². The molecule has 0 saturated carbocycles. The number of hydrogen-bond acceptors (Lipinski definition) is 1. The van der Waals surface area contributed by atoms with Gasteiger partial charge in [0, 0.05) is 28.1 Å². The summed E-state index contributed by atoms with van der Waals surface area (Å²) in [6.07, 6.45) is -1.36. The monoisotopic (exact) mass is 404 g/mol. The molecule has 0 radical (unpaired) electrons. The zero-order valence-corrected chi connectivity index (χ0v) is 23.0. The van der Waals surface area contributed by atoms with Crippen molar-refractivity contribution in [3.8, 4) is 0 Å². The Morgan fingerprint density at radius 3 is 1.35 bits per heavy atom. The van der Waals surface area contributed by atoms with Gasteiger partial charge in [0.15, 0.2) is 0 Å². The van der Waals surface area contributed by atoms with E-state index in [2.05, 4.69) is 86.6 Å². The zero-order valence-electron chi connectivity index (χ0n) is 18.1. The molecule has 0 bridgehead atoms. The fraction of sp³-hybridized carbons (Fsp3) is 0.882. The number of allylic oxidation sites excluding steroid dienone is 1. The number of ether oxygens (including phenoxy) is 1. The van der Waals surface area contributed by atoms with E-state index in [-0.39, 0.29) is 7.47 Å². The molecule has 0 aromatic rings. The van der Waals surface area contributed by atoms with Gasteiger partial charge in [-0.05, 0) is 19.8 Å². The molecule has 1 rings (SSSR count). The van der Waals surface area contributed by atoms with E-state index in [0.29, 0.717) is 5.41 Å². The first-order valence-corrected chi connectivity index (χ1v) is 26.8. The van der Waals surface area contributed by atoms with Crippen LogP contribution in [0.15, 0.2) is 10.8 Å². The topological polar surface area (TPSA) is 9.23 Å². The Labute approximate surface area is 150 Å². The van der Waals surface area contributed by atoms with Crippen LogP contribution in [0.5, 0.6) is 0 Å². The van der Waals surface area contributed by atoms with Gasteiger partial charge >= 0.3 is 0 Å². The molecular weight excluding hydrogens is 364 g/mol. The fourth-order valence-corrected chi connectivity index (χ4v) is 132. The van der Waals surface area contributed by atoms with Gasteiger partial charge in [0.1, 0.15) is 5.50 Å². The highest BCUT2D eigenvalue weighted by Gasteiger charge is 2.72. The van der Waals surface area contributed by atoms with Crippen LogP contribution in [0.4, 0.5) is 0 Å². The van der Waals surface area contributed by atoms with Crippen LogP contribution in [0.25, 0.3) is 0 Å². The van der Waals surface area contributed by atoms with E-state index in [0.717, 1.165) is 6.61 Å². The van der Waals surface area contributed by atoms with Crippen LogP contribution in [0.2, 0.25) is 58.9 Å². The summed E-state index contributed by atoms with van der Waals surface area (Å²) in [4.78, 5) is 0. The average Bonchev–Trinajstić information content (AvgIpc) is 2.85. The van der Waals surface area contributed by atoms with Crippen LogP contribution < -0.4 is 0 Å². The molecule has 0 aromatic carbocycles. The lowest BCUT2D eigenvalue weighted by atomic mass is 9.97. The van der Waals surface area contributed by atoms with Crippen molar-refractivity contribution in [2.75, 3.05) is 6.61 Å². The SMILES string of the molecule is CCOC1=C(C(C)(C)C)P1[Si]([Si](C)(C)C)([Si](C)(C)C)[Si](C)(C)C. The van der Waals surface area contributed by atoms with Crippen LogP contribution in [0, 0.1) is 5.41 Å². The third-order valence-corrected chi connectivity index (χ3v) is 102. The molecule has 136 valence electrons. The molecule has 1 aliphatic heterocycles. The van der Waals surface area contributed by atoms with Crippen LogP contribution in [0.1, 0.15) is 27.7 Å². The number of rotatable bonds is 6. The number of hydrogen-bond donors (Lipinski definition) is 0. The van der Waals surface area contributed by atoms with Crippen molar-refractivity contribution in [1.82, 2.24) is 0 Å². The summed E-state index contributed by atoms with van der Waals surface area (Å²) in [5.74, 6) is 0. The predicted octanol–water partition coefficient (Wildman–Crippen LogP) is 6.93. The van der Waals surface area contributed by atoms with Gasteiger partial charge in [-0.1, -0.05) is 79.7 Å². The van der Waals surface area contributed by atoms with Gasteiger partial charge in [0.05, 0.1) is 12.9 Å². The molecule has 0 aliphatic carbocycles. The molecule has 1 nitrogen and oxygen atoms in total. The van der Waals surface area contributed by atoms with Crippen molar-refractivity contribution in [1.29, 1.82) is 0 Å². The first-order chi connectivity index (χ1) is 9.94. The second kappa shape index (κ2) is 6.22. The highest BCUT2D eigenvalue weighted by molar-refractivity contribution is 8.33. The Bertz CT molecular complexity index is 451. The van der Waals surface area contributed by atoms with E-state index in [4.69, 9.17) is 4.74 Å². The molecule has 6 heteroatoms. The normalized spacial score (nSPS) is 20.8. The van der Waals surface area contributed by atoms with Gasteiger partial charge in [-0.3, -0.25) is 0 Å². The zero-order chi connectivity index (χ0) is 18.6. The average molecular weight is 405 g/mol. The Balaban J connectivity index is 3.64. The first-order valence-electron chi connectivity index (χ1n) is 9.12. The van der Waals surface area contributed by atoms with E-state index in [9.17, 15) is 0 Å². The van der Waals surface area contributed by atoms with E-state index in [1.807, 2.05) is 0 Å². The van der Waals surface area contributed by atoms with E-state index in [1.165, 1.54) is 5.50 Å². The molecule has 0 amide bonds. The minimum absolute atomic E-state index is 0.0480. The molecule has 0 aromatic heterocycles. The summed E-state index contributed by atoms with van der Waals surface area (Å²) in [6.45, 7) is 34.6. The molecule has 1 heterocycles. The summed E-state index contributed by atoms with van der Waals surface area (Å²) in [5.41, 5.74) is 1.81. The molecule has 0 N–H and O–H groups in total. The smallest absolute Gasteiger partial charge is 0.121 e. The fourth-order valence-electron chi connectivity index (χ4n) is 5.78. The third-order valence-electron chi connectivity index (χ3n) is 5.16. The molecule has 23 heavy (non-hydrogen) atoms. The summed E-state index contributed by atoms with van der Waals surface area (Å²) in [5, 5.41) is 1.77. The van der Waals surface area contributed by atoms with Gasteiger partial charge < -0.3 is 4.74 Å². The Morgan fingerprint density at radius 1 is 0.783 bits per heavy atom. The minimum atomic E-state index is -1.36. The maximum Gasteiger partial charge on any atom is 0.121 e. The van der Waals surface area contributed by atoms with Crippen LogP contribution in [0.3, 0.4) is 0 Å². The van der Waals surface area contributed by atoms with Gasteiger partial charge in [-0.15, -0.1) is 0 Å². The summed E-state index contributed by atoms with van der Waals surface area (Å²) in [6, 6.07) is 0. The highest BCUT2D eigenvalue weighted by Crippen LogP contribution is 2.82. The van der Waals surface area contributed by atoms with E-state index < -0.39 is 29.1 Å². The maximum atomic E-state index is 6.31. The van der Waals surface area contributed by atoms with Crippen molar-refractivity contribution in [3.05, 3.63) is 10.8 Å². The van der Waals surface area contributed by atoms with Gasteiger partial charge in [-0.2, -0.15) is 0 Å². The third kappa shape index (κ3) is 3.55. The molecule has 1 aliphatic rings. The maximum absolute atomic E-state index is 6.31. The van der Waals surface area contributed by atoms with E-state index in [1.54, 1.807) is 5.31 Å². The summed E-state index contributed by atoms with van der Waals surface area (Å²) < 4.78 is 6.31. The minimum Gasteiger partial charge on any atom is -0.493 e. The van der Waals surface area contributed by atoms with E-state index >= 15 is 0 Å². The second-order valence-electron chi connectivity index (χ2n) is 11.1. The summed E-state index contributed by atoms with van der Waals surface area (Å²) in [7, 11) is -3.74. The van der Waals surface area contributed by atoms with Crippen molar-refractivity contribution < 1.29 is 4.74 Å². The van der Waals surface area contributed by atoms with Crippen LogP contribution in [-0.2, 0) is 4.74 Å². The largest absolute Gasteiger partial charge is 0.493 e. The van der Waals surface area contributed by atoms with Crippen molar-refractivity contribution in [2.24, 2.45) is 5.41 Å². The van der Waals surface area contributed by atoms with Crippen molar-refractivity contribution in [2.45, 2.75) is 86.6 Å². The Morgan fingerprint density at radius 2 is 1.13 bits per heavy atom.